The fourth-order valence-electron chi connectivity index (χ4n) is 1.79. The lowest BCUT2D eigenvalue weighted by molar-refractivity contribution is -0.127. The van der Waals surface area contributed by atoms with Crippen LogP contribution in [-0.4, -0.2) is 25.2 Å². The molecule has 4 nitrogen and oxygen atoms in total. The van der Waals surface area contributed by atoms with Crippen LogP contribution in [0.5, 0.6) is 11.5 Å². The quantitative estimate of drug-likeness (QED) is 0.766. The predicted molar refractivity (Wildman–Crippen MR) is 91.5 cm³/mol. The fourth-order valence-corrected chi connectivity index (χ4v) is 2.04. The van der Waals surface area contributed by atoms with Crippen molar-refractivity contribution in [1.29, 1.82) is 0 Å². The molecular weight excluding hydrogens is 337 g/mol. The lowest BCUT2D eigenvalue weighted by Crippen LogP contribution is -2.38. The second-order valence-electron chi connectivity index (χ2n) is 4.81. The van der Waals surface area contributed by atoms with Crippen molar-refractivity contribution in [2.45, 2.75) is 13.0 Å². The lowest BCUT2D eigenvalue weighted by Gasteiger charge is -2.15. The molecule has 2 aromatic carbocycles. The Bertz CT molecular complexity index is 629. The molecule has 6 heteroatoms. The normalized spacial score (nSPS) is 11.6. The zero-order chi connectivity index (χ0) is 16.7. The lowest BCUT2D eigenvalue weighted by atomic mass is 10.3. The third-order valence-corrected chi connectivity index (χ3v) is 3.48. The Balaban J connectivity index is 1.69. The van der Waals surface area contributed by atoms with E-state index in [9.17, 15) is 4.79 Å². The number of benzene rings is 2. The van der Waals surface area contributed by atoms with Crippen LogP contribution in [0.15, 0.2) is 48.5 Å². The number of halogens is 2. The van der Waals surface area contributed by atoms with Crippen molar-refractivity contribution in [3.63, 3.8) is 0 Å². The van der Waals surface area contributed by atoms with Crippen LogP contribution in [0.3, 0.4) is 0 Å². The Morgan fingerprint density at radius 3 is 2.09 bits per heavy atom. The number of carbonyl (C=O) groups excluding carboxylic acids is 1. The van der Waals surface area contributed by atoms with Crippen LogP contribution in [0.1, 0.15) is 6.92 Å². The van der Waals surface area contributed by atoms with Crippen molar-refractivity contribution in [3.8, 4) is 11.5 Å². The average Bonchev–Trinajstić information content (AvgIpc) is 2.55. The van der Waals surface area contributed by atoms with Crippen LogP contribution in [0.4, 0.5) is 0 Å². The molecule has 0 aromatic heterocycles. The van der Waals surface area contributed by atoms with Crippen molar-refractivity contribution >= 4 is 29.1 Å². The molecule has 0 aliphatic carbocycles. The fraction of sp³-hybridized carbons (Fsp3) is 0.235. The minimum atomic E-state index is -0.605. The summed E-state index contributed by atoms with van der Waals surface area (Å²) in [6, 6.07) is 13.9. The molecule has 1 amide bonds. The Morgan fingerprint density at radius 2 is 1.52 bits per heavy atom. The molecule has 0 saturated carbocycles. The maximum atomic E-state index is 11.9. The largest absolute Gasteiger partial charge is 0.492 e. The predicted octanol–water partition coefficient (Wildman–Crippen LogP) is 3.96. The molecule has 0 heterocycles. The summed E-state index contributed by atoms with van der Waals surface area (Å²) in [7, 11) is 0. The van der Waals surface area contributed by atoms with E-state index in [1.54, 1.807) is 55.5 Å². The molecule has 0 saturated heterocycles. The molecular formula is C17H17Cl2NO3. The first-order valence-electron chi connectivity index (χ1n) is 7.13. The van der Waals surface area contributed by atoms with Crippen molar-refractivity contribution in [2.24, 2.45) is 0 Å². The van der Waals surface area contributed by atoms with Gasteiger partial charge >= 0.3 is 0 Å². The van der Waals surface area contributed by atoms with Gasteiger partial charge in [-0.1, -0.05) is 23.2 Å². The highest BCUT2D eigenvalue weighted by Crippen LogP contribution is 2.17. The highest BCUT2D eigenvalue weighted by Gasteiger charge is 2.13. The zero-order valence-corrected chi connectivity index (χ0v) is 14.1. The van der Waals surface area contributed by atoms with E-state index in [1.165, 1.54) is 0 Å². The number of carbonyl (C=O) groups is 1. The second kappa shape index (κ2) is 8.65. The molecule has 1 atom stereocenters. The second-order valence-corrected chi connectivity index (χ2v) is 5.68. The maximum absolute atomic E-state index is 11.9. The average molecular weight is 354 g/mol. The monoisotopic (exact) mass is 353 g/mol. The van der Waals surface area contributed by atoms with Crippen molar-refractivity contribution in [2.75, 3.05) is 13.2 Å². The molecule has 122 valence electrons. The Hall–Kier alpha value is -1.91. The Morgan fingerprint density at radius 1 is 1.00 bits per heavy atom. The molecule has 0 aliphatic heterocycles. The summed E-state index contributed by atoms with van der Waals surface area (Å²) in [6.07, 6.45) is -0.605. The van der Waals surface area contributed by atoms with Gasteiger partial charge in [0.25, 0.3) is 5.91 Å². The van der Waals surface area contributed by atoms with Crippen LogP contribution in [-0.2, 0) is 4.79 Å². The SMILES string of the molecule is C[C@@H](Oc1ccc(Cl)cc1)C(=O)NCCOc1ccc(Cl)cc1. The highest BCUT2D eigenvalue weighted by atomic mass is 35.5. The Kier molecular flexibility index (Phi) is 6.56. The van der Waals surface area contributed by atoms with E-state index in [1.807, 2.05) is 0 Å². The van der Waals surface area contributed by atoms with Gasteiger partial charge in [-0.2, -0.15) is 0 Å². The van der Waals surface area contributed by atoms with E-state index in [4.69, 9.17) is 32.7 Å². The van der Waals surface area contributed by atoms with Crippen LogP contribution in [0, 0.1) is 0 Å². The van der Waals surface area contributed by atoms with E-state index in [0.717, 1.165) is 0 Å². The summed E-state index contributed by atoms with van der Waals surface area (Å²) < 4.78 is 11.0. The molecule has 0 aliphatic rings. The Labute approximate surface area is 145 Å². The summed E-state index contributed by atoms with van der Waals surface area (Å²) in [5, 5.41) is 4.03. The highest BCUT2D eigenvalue weighted by molar-refractivity contribution is 6.30. The minimum absolute atomic E-state index is 0.209. The summed E-state index contributed by atoms with van der Waals surface area (Å²) >= 11 is 11.6. The van der Waals surface area contributed by atoms with Gasteiger partial charge in [0, 0.05) is 10.0 Å². The summed E-state index contributed by atoms with van der Waals surface area (Å²) in [5.74, 6) is 1.09. The molecule has 0 bridgehead atoms. The maximum Gasteiger partial charge on any atom is 0.260 e. The van der Waals surface area contributed by atoms with Crippen LogP contribution >= 0.6 is 23.2 Å². The standard InChI is InChI=1S/C17H17Cl2NO3/c1-12(23-16-8-4-14(19)5-9-16)17(21)20-10-11-22-15-6-2-13(18)3-7-15/h2-9,12H,10-11H2,1H3,(H,20,21)/t12-/m1/s1. The van der Waals surface area contributed by atoms with E-state index < -0.39 is 6.10 Å². The van der Waals surface area contributed by atoms with Gasteiger partial charge in [-0.05, 0) is 55.5 Å². The number of hydrogen-bond donors (Lipinski definition) is 1. The molecule has 23 heavy (non-hydrogen) atoms. The van der Waals surface area contributed by atoms with E-state index in [-0.39, 0.29) is 5.91 Å². The number of rotatable bonds is 7. The summed E-state index contributed by atoms with van der Waals surface area (Å²) in [6.45, 7) is 2.43. The van der Waals surface area contributed by atoms with Gasteiger partial charge in [-0.15, -0.1) is 0 Å². The topological polar surface area (TPSA) is 47.6 Å². The van der Waals surface area contributed by atoms with Gasteiger partial charge in [0.2, 0.25) is 0 Å². The zero-order valence-electron chi connectivity index (χ0n) is 12.6. The van der Waals surface area contributed by atoms with Gasteiger partial charge in [-0.3, -0.25) is 4.79 Å². The minimum Gasteiger partial charge on any atom is -0.492 e. The summed E-state index contributed by atoms with van der Waals surface area (Å²) in [4.78, 5) is 11.9. The molecule has 0 spiro atoms. The number of hydrogen-bond acceptors (Lipinski definition) is 3. The first kappa shape index (κ1) is 17.4. The third kappa shape index (κ3) is 6.00. The molecule has 2 rings (SSSR count). The molecule has 0 fully saturated rings. The van der Waals surface area contributed by atoms with Gasteiger partial charge in [0.1, 0.15) is 18.1 Å². The first-order valence-corrected chi connectivity index (χ1v) is 7.88. The van der Waals surface area contributed by atoms with Crippen LogP contribution in [0.25, 0.3) is 0 Å². The van der Waals surface area contributed by atoms with E-state index >= 15 is 0 Å². The van der Waals surface area contributed by atoms with E-state index in [2.05, 4.69) is 5.32 Å². The van der Waals surface area contributed by atoms with Gasteiger partial charge in [0.15, 0.2) is 6.10 Å². The molecule has 0 radical (unpaired) electrons. The van der Waals surface area contributed by atoms with Crippen LogP contribution in [0.2, 0.25) is 10.0 Å². The van der Waals surface area contributed by atoms with Gasteiger partial charge < -0.3 is 14.8 Å². The van der Waals surface area contributed by atoms with Gasteiger partial charge in [0.05, 0.1) is 6.54 Å². The molecule has 0 unspecified atom stereocenters. The van der Waals surface area contributed by atoms with Crippen molar-refractivity contribution in [1.82, 2.24) is 5.32 Å². The smallest absolute Gasteiger partial charge is 0.260 e. The third-order valence-electron chi connectivity index (χ3n) is 2.98. The number of amides is 1. The van der Waals surface area contributed by atoms with Crippen molar-refractivity contribution in [3.05, 3.63) is 58.6 Å². The molecule has 1 N–H and O–H groups in total. The van der Waals surface area contributed by atoms with Gasteiger partial charge in [-0.25, -0.2) is 0 Å². The number of nitrogens with one attached hydrogen (secondary N) is 1. The van der Waals surface area contributed by atoms with E-state index in [0.29, 0.717) is 34.7 Å². The first-order chi connectivity index (χ1) is 11.0. The summed E-state index contributed by atoms with van der Waals surface area (Å²) in [5.41, 5.74) is 0. The number of ether oxygens (including phenoxy) is 2. The molecule has 2 aromatic rings. The van der Waals surface area contributed by atoms with Crippen LogP contribution < -0.4 is 14.8 Å². The van der Waals surface area contributed by atoms with Crippen molar-refractivity contribution < 1.29 is 14.3 Å².